The zero-order valence-electron chi connectivity index (χ0n) is 30.0. The number of phenols is 1. The summed E-state index contributed by atoms with van der Waals surface area (Å²) in [6, 6.07) is 23.7. The number of nitrogens with zero attached hydrogens (tertiary/aromatic N) is 1. The van der Waals surface area contributed by atoms with Gasteiger partial charge in [0.25, 0.3) is 5.91 Å². The number of rotatable bonds is 12. The normalized spacial score (nSPS) is 13.4. The first-order valence-corrected chi connectivity index (χ1v) is 17.1. The van der Waals surface area contributed by atoms with Gasteiger partial charge in [-0.05, 0) is 112 Å². The first-order valence-electron chi connectivity index (χ1n) is 17.1. The van der Waals surface area contributed by atoms with Crippen LogP contribution in [0.3, 0.4) is 0 Å². The molecule has 49 heavy (non-hydrogen) atoms. The maximum absolute atomic E-state index is 15.1. The molecule has 8 heteroatoms. The quantitative estimate of drug-likeness (QED) is 0.140. The number of amides is 3. The molecule has 4 aromatic rings. The lowest BCUT2D eigenvalue weighted by Crippen LogP contribution is -2.55. The van der Waals surface area contributed by atoms with Crippen LogP contribution in [-0.2, 0) is 20.7 Å². The van der Waals surface area contributed by atoms with Gasteiger partial charge in [-0.15, -0.1) is 0 Å². The van der Waals surface area contributed by atoms with Gasteiger partial charge >= 0.3 is 6.09 Å². The van der Waals surface area contributed by atoms with E-state index >= 15 is 4.79 Å². The zero-order valence-corrected chi connectivity index (χ0v) is 30.0. The third kappa shape index (κ3) is 10.3. The number of phenolic OH excluding ortho intramolecular Hbond substituents is 1. The van der Waals surface area contributed by atoms with Crippen molar-refractivity contribution in [1.29, 1.82) is 0 Å². The summed E-state index contributed by atoms with van der Waals surface area (Å²) in [6.45, 7) is 15.4. The summed E-state index contributed by atoms with van der Waals surface area (Å²) >= 11 is 0. The number of aromatic hydroxyl groups is 1. The SMILES string of the molecule is Cc1ccc(C)c(C(C(=O)Nc2ccc3ccccc3c2)N(C(=O)C(Cc2ccc(O)cc2)NC(=O)OC(C)(C)C)C(C)CCC(C)C)c1. The lowest BCUT2D eigenvalue weighted by atomic mass is 9.92. The minimum absolute atomic E-state index is 0.0935. The maximum atomic E-state index is 15.1. The molecule has 0 spiro atoms. The fourth-order valence-electron chi connectivity index (χ4n) is 5.96. The number of hydrogen-bond donors (Lipinski definition) is 3. The number of ether oxygens (including phenoxy) is 1. The van der Waals surface area contributed by atoms with Crippen molar-refractivity contribution in [2.24, 2.45) is 5.92 Å². The monoisotopic (exact) mass is 665 g/mol. The molecule has 0 aliphatic heterocycles. The third-order valence-corrected chi connectivity index (χ3v) is 8.53. The predicted octanol–water partition coefficient (Wildman–Crippen LogP) is 8.63. The molecule has 3 amide bonds. The second kappa shape index (κ2) is 16.0. The molecule has 0 aromatic heterocycles. The Kier molecular flexibility index (Phi) is 12.1. The van der Waals surface area contributed by atoms with E-state index in [0.29, 0.717) is 23.6 Å². The molecule has 4 aromatic carbocycles. The Bertz CT molecular complexity index is 1760. The van der Waals surface area contributed by atoms with Gasteiger partial charge in [-0.2, -0.15) is 0 Å². The summed E-state index contributed by atoms with van der Waals surface area (Å²) in [5.41, 5.74) is 3.09. The van der Waals surface area contributed by atoms with Gasteiger partial charge in [0.1, 0.15) is 23.4 Å². The van der Waals surface area contributed by atoms with Crippen molar-refractivity contribution in [3.05, 3.63) is 107 Å². The van der Waals surface area contributed by atoms with Crippen LogP contribution in [-0.4, -0.2) is 45.6 Å². The van der Waals surface area contributed by atoms with Crippen LogP contribution >= 0.6 is 0 Å². The summed E-state index contributed by atoms with van der Waals surface area (Å²) in [4.78, 5) is 44.6. The number of anilines is 1. The van der Waals surface area contributed by atoms with Crippen molar-refractivity contribution in [2.45, 2.75) is 98.4 Å². The molecular formula is C41H51N3O5. The Balaban J connectivity index is 1.84. The lowest BCUT2D eigenvalue weighted by molar-refractivity contribution is -0.143. The van der Waals surface area contributed by atoms with E-state index in [9.17, 15) is 14.7 Å². The van der Waals surface area contributed by atoms with E-state index in [1.54, 1.807) is 49.9 Å². The average molecular weight is 666 g/mol. The highest BCUT2D eigenvalue weighted by atomic mass is 16.6. The Morgan fingerprint density at radius 2 is 1.51 bits per heavy atom. The molecule has 3 unspecified atom stereocenters. The van der Waals surface area contributed by atoms with Crippen molar-refractivity contribution in [3.63, 3.8) is 0 Å². The molecule has 260 valence electrons. The van der Waals surface area contributed by atoms with E-state index in [1.807, 2.05) is 81.4 Å². The van der Waals surface area contributed by atoms with Crippen LogP contribution in [0.4, 0.5) is 10.5 Å². The second-order valence-electron chi connectivity index (χ2n) is 14.4. The molecule has 0 saturated carbocycles. The first kappa shape index (κ1) is 37.0. The van der Waals surface area contributed by atoms with Crippen molar-refractivity contribution < 1.29 is 24.2 Å². The predicted molar refractivity (Wildman–Crippen MR) is 197 cm³/mol. The number of alkyl carbamates (subject to hydrolysis) is 1. The molecule has 0 radical (unpaired) electrons. The Hall–Kier alpha value is -4.85. The van der Waals surface area contributed by atoms with Gasteiger partial charge in [0.2, 0.25) is 5.91 Å². The van der Waals surface area contributed by atoms with E-state index in [1.165, 1.54) is 0 Å². The van der Waals surface area contributed by atoms with E-state index < -0.39 is 29.7 Å². The van der Waals surface area contributed by atoms with Crippen LogP contribution in [0.25, 0.3) is 10.8 Å². The van der Waals surface area contributed by atoms with Crippen molar-refractivity contribution in [3.8, 4) is 5.75 Å². The topological polar surface area (TPSA) is 108 Å². The average Bonchev–Trinajstić information content (AvgIpc) is 3.03. The number of nitrogens with one attached hydrogen (secondary N) is 2. The number of hydrogen-bond acceptors (Lipinski definition) is 5. The lowest BCUT2D eigenvalue weighted by Gasteiger charge is -2.39. The van der Waals surface area contributed by atoms with E-state index in [4.69, 9.17) is 4.74 Å². The van der Waals surface area contributed by atoms with Crippen LogP contribution in [0, 0.1) is 19.8 Å². The molecule has 0 aliphatic rings. The van der Waals surface area contributed by atoms with E-state index in [0.717, 1.165) is 33.9 Å². The first-order chi connectivity index (χ1) is 23.1. The highest BCUT2D eigenvalue weighted by molar-refractivity contribution is 6.00. The molecule has 0 aliphatic carbocycles. The molecule has 0 bridgehead atoms. The fraction of sp³-hybridized carbons (Fsp3) is 0.390. The van der Waals surface area contributed by atoms with Crippen LogP contribution < -0.4 is 10.6 Å². The zero-order chi connectivity index (χ0) is 35.9. The fourth-order valence-corrected chi connectivity index (χ4v) is 5.96. The van der Waals surface area contributed by atoms with Gasteiger partial charge in [0.15, 0.2) is 0 Å². The Labute approximate surface area is 290 Å². The maximum Gasteiger partial charge on any atom is 0.408 e. The molecule has 0 saturated heterocycles. The van der Waals surface area contributed by atoms with Gasteiger partial charge in [-0.25, -0.2) is 4.79 Å². The van der Waals surface area contributed by atoms with Crippen LogP contribution in [0.5, 0.6) is 5.75 Å². The van der Waals surface area contributed by atoms with Gasteiger partial charge in [0, 0.05) is 18.2 Å². The number of benzene rings is 4. The molecular weight excluding hydrogens is 614 g/mol. The standard InChI is InChI=1S/C41H51N3O5/c1-26(2)13-16-29(5)44(39(47)36(43-40(48)49-41(6,7)8)24-30-17-21-34(45)22-18-30)37(35-23-27(3)14-15-28(35)4)38(46)42-33-20-19-31-11-9-10-12-32(31)25-33/h9-12,14-15,17-23,25-26,29,36-37,45H,13,16,24H2,1-8H3,(H,42,46)(H,43,48). The van der Waals surface area contributed by atoms with Crippen LogP contribution in [0.2, 0.25) is 0 Å². The molecule has 8 nitrogen and oxygen atoms in total. The number of fused-ring (bicyclic) bond motifs is 1. The second-order valence-corrected chi connectivity index (χ2v) is 14.4. The number of carbonyl (C=O) groups is 3. The van der Waals surface area contributed by atoms with Crippen molar-refractivity contribution in [1.82, 2.24) is 10.2 Å². The summed E-state index contributed by atoms with van der Waals surface area (Å²) in [6.07, 6.45) is 0.867. The van der Waals surface area contributed by atoms with Crippen molar-refractivity contribution in [2.75, 3.05) is 5.32 Å². The van der Waals surface area contributed by atoms with E-state index in [2.05, 4.69) is 24.5 Å². The van der Waals surface area contributed by atoms with Gasteiger partial charge in [-0.3, -0.25) is 9.59 Å². The summed E-state index contributed by atoms with van der Waals surface area (Å²) in [5, 5.41) is 17.9. The minimum atomic E-state index is -1.07. The van der Waals surface area contributed by atoms with Gasteiger partial charge in [-0.1, -0.05) is 80.1 Å². The number of carbonyl (C=O) groups excluding carboxylic acids is 3. The molecule has 0 fully saturated rings. The van der Waals surface area contributed by atoms with Gasteiger partial charge in [0.05, 0.1) is 0 Å². The molecule has 3 atom stereocenters. The van der Waals surface area contributed by atoms with Crippen molar-refractivity contribution >= 4 is 34.4 Å². The minimum Gasteiger partial charge on any atom is -0.508 e. The van der Waals surface area contributed by atoms with Gasteiger partial charge < -0.3 is 25.4 Å². The smallest absolute Gasteiger partial charge is 0.408 e. The third-order valence-electron chi connectivity index (χ3n) is 8.53. The van der Waals surface area contributed by atoms with E-state index in [-0.39, 0.29) is 24.1 Å². The largest absolute Gasteiger partial charge is 0.508 e. The highest BCUT2D eigenvalue weighted by Gasteiger charge is 2.39. The highest BCUT2D eigenvalue weighted by Crippen LogP contribution is 2.32. The molecule has 4 rings (SSSR count). The number of aryl methyl sites for hydroxylation is 2. The molecule has 3 N–H and O–H groups in total. The summed E-state index contributed by atoms with van der Waals surface area (Å²) in [5.74, 6) is -0.294. The Morgan fingerprint density at radius 1 is 0.837 bits per heavy atom. The molecule has 0 heterocycles. The Morgan fingerprint density at radius 3 is 2.16 bits per heavy atom. The van der Waals surface area contributed by atoms with Crippen LogP contribution in [0.1, 0.15) is 82.7 Å². The summed E-state index contributed by atoms with van der Waals surface area (Å²) in [7, 11) is 0. The van der Waals surface area contributed by atoms with Crippen LogP contribution in [0.15, 0.2) is 84.9 Å². The summed E-state index contributed by atoms with van der Waals surface area (Å²) < 4.78 is 5.60.